The second kappa shape index (κ2) is 6.84. The summed E-state index contributed by atoms with van der Waals surface area (Å²) in [4.78, 5) is 23.7. The predicted molar refractivity (Wildman–Crippen MR) is 76.6 cm³/mol. The van der Waals surface area contributed by atoms with Crippen LogP contribution in [0.3, 0.4) is 0 Å². The van der Waals surface area contributed by atoms with Gasteiger partial charge in [-0.2, -0.15) is 0 Å². The lowest BCUT2D eigenvalue weighted by Gasteiger charge is -2.18. The van der Waals surface area contributed by atoms with Crippen molar-refractivity contribution in [3.05, 3.63) is 36.4 Å². The summed E-state index contributed by atoms with van der Waals surface area (Å²) in [5.74, 6) is -0.296. The number of nitrogens with one attached hydrogen (secondary N) is 1. The van der Waals surface area contributed by atoms with Crippen LogP contribution in [0.15, 0.2) is 30.9 Å². The Balaban J connectivity index is 2.22. The molecule has 0 unspecified atom stereocenters. The standard InChI is InChI=1S/C15H17NO6/c1-3-7-21-15(19)16-12-10-6-5-9(17)8-11(10)22-13(12)14(18)20-4-2/h3,5-6,8,12-13,17H,1,4,7H2,2H3,(H,16,19)/t12-,13-/m0/s1. The summed E-state index contributed by atoms with van der Waals surface area (Å²) in [6.45, 7) is 5.36. The summed E-state index contributed by atoms with van der Waals surface area (Å²) in [6.07, 6.45) is -0.309. The molecule has 0 spiro atoms. The Morgan fingerprint density at radius 1 is 1.45 bits per heavy atom. The lowest BCUT2D eigenvalue weighted by Crippen LogP contribution is -2.41. The number of ether oxygens (including phenoxy) is 3. The van der Waals surface area contributed by atoms with Crippen molar-refractivity contribution in [1.82, 2.24) is 5.32 Å². The molecule has 118 valence electrons. The molecular weight excluding hydrogens is 290 g/mol. The highest BCUT2D eigenvalue weighted by Gasteiger charge is 2.41. The Labute approximate surface area is 127 Å². The first-order valence-electron chi connectivity index (χ1n) is 6.77. The van der Waals surface area contributed by atoms with Gasteiger partial charge in [0, 0.05) is 11.6 Å². The maximum Gasteiger partial charge on any atom is 0.408 e. The molecule has 7 nitrogen and oxygen atoms in total. The van der Waals surface area contributed by atoms with Gasteiger partial charge in [-0.1, -0.05) is 12.7 Å². The van der Waals surface area contributed by atoms with Gasteiger partial charge in [0.15, 0.2) is 0 Å². The molecule has 0 bridgehead atoms. The molecule has 1 aromatic rings. The van der Waals surface area contributed by atoms with Crippen LogP contribution in [0.5, 0.6) is 11.5 Å². The number of aromatic hydroxyl groups is 1. The van der Waals surface area contributed by atoms with Crippen LogP contribution in [0.1, 0.15) is 18.5 Å². The molecule has 1 aromatic carbocycles. The fourth-order valence-electron chi connectivity index (χ4n) is 2.12. The Morgan fingerprint density at radius 3 is 2.91 bits per heavy atom. The minimum absolute atomic E-state index is 0.00348. The van der Waals surface area contributed by atoms with Gasteiger partial charge >= 0.3 is 12.1 Å². The van der Waals surface area contributed by atoms with Crippen LogP contribution in [0, 0.1) is 0 Å². The number of benzene rings is 1. The van der Waals surface area contributed by atoms with Crippen molar-refractivity contribution in [3.63, 3.8) is 0 Å². The minimum Gasteiger partial charge on any atom is -0.508 e. The van der Waals surface area contributed by atoms with Crippen molar-refractivity contribution in [2.75, 3.05) is 13.2 Å². The highest BCUT2D eigenvalue weighted by atomic mass is 16.6. The summed E-state index contributed by atoms with van der Waals surface area (Å²) < 4.78 is 15.3. The van der Waals surface area contributed by atoms with Crippen molar-refractivity contribution >= 4 is 12.1 Å². The van der Waals surface area contributed by atoms with Gasteiger partial charge in [0.25, 0.3) is 0 Å². The highest BCUT2D eigenvalue weighted by molar-refractivity contribution is 5.80. The topological polar surface area (TPSA) is 94.1 Å². The van der Waals surface area contributed by atoms with E-state index < -0.39 is 24.2 Å². The Morgan fingerprint density at radius 2 is 2.23 bits per heavy atom. The molecule has 22 heavy (non-hydrogen) atoms. The number of hydrogen-bond donors (Lipinski definition) is 2. The van der Waals surface area contributed by atoms with E-state index in [0.717, 1.165) is 0 Å². The van der Waals surface area contributed by atoms with Crippen LogP contribution in [-0.4, -0.2) is 36.5 Å². The number of hydrogen-bond acceptors (Lipinski definition) is 6. The molecule has 1 heterocycles. The number of rotatable bonds is 5. The normalized spacial score (nSPS) is 18.8. The predicted octanol–water partition coefficient (Wildman–Crippen LogP) is 1.67. The first-order valence-corrected chi connectivity index (χ1v) is 6.77. The average Bonchev–Trinajstić information content (AvgIpc) is 2.83. The molecule has 2 N–H and O–H groups in total. The SMILES string of the molecule is C=CCOC(=O)N[C@H]1c2ccc(O)cc2O[C@@H]1C(=O)OCC. The highest BCUT2D eigenvalue weighted by Crippen LogP contribution is 2.39. The molecular formula is C15H17NO6. The molecule has 1 aliphatic rings. The van der Waals surface area contributed by atoms with Crippen molar-refractivity contribution in [2.24, 2.45) is 0 Å². The lowest BCUT2D eigenvalue weighted by atomic mass is 10.0. The van der Waals surface area contributed by atoms with E-state index in [1.807, 2.05) is 0 Å². The average molecular weight is 307 g/mol. The fraction of sp³-hybridized carbons (Fsp3) is 0.333. The maximum absolute atomic E-state index is 12.0. The van der Waals surface area contributed by atoms with Crippen LogP contribution in [0.25, 0.3) is 0 Å². The monoisotopic (exact) mass is 307 g/mol. The number of phenolic OH excluding ortho intramolecular Hbond substituents is 1. The van der Waals surface area contributed by atoms with Gasteiger partial charge in [0.1, 0.15) is 24.1 Å². The molecule has 0 fully saturated rings. The number of fused-ring (bicyclic) bond motifs is 1. The van der Waals surface area contributed by atoms with Crippen molar-refractivity contribution in [2.45, 2.75) is 19.1 Å². The molecule has 2 rings (SSSR count). The molecule has 1 amide bonds. The van der Waals surface area contributed by atoms with E-state index in [1.54, 1.807) is 13.0 Å². The maximum atomic E-state index is 12.0. The number of esters is 1. The van der Waals surface area contributed by atoms with Gasteiger partial charge in [-0.3, -0.25) is 0 Å². The number of alkyl carbamates (subject to hydrolysis) is 1. The van der Waals surface area contributed by atoms with Gasteiger partial charge in [-0.05, 0) is 19.1 Å². The zero-order chi connectivity index (χ0) is 16.1. The fourth-order valence-corrected chi connectivity index (χ4v) is 2.12. The summed E-state index contributed by atoms with van der Waals surface area (Å²) >= 11 is 0. The van der Waals surface area contributed by atoms with E-state index in [1.165, 1.54) is 18.2 Å². The summed E-state index contributed by atoms with van der Waals surface area (Å²) in [5, 5.41) is 12.1. The molecule has 0 saturated heterocycles. The molecule has 0 saturated carbocycles. The largest absolute Gasteiger partial charge is 0.508 e. The second-order valence-electron chi connectivity index (χ2n) is 4.52. The van der Waals surface area contributed by atoms with Gasteiger partial charge in [-0.25, -0.2) is 9.59 Å². The zero-order valence-electron chi connectivity index (χ0n) is 12.1. The minimum atomic E-state index is -1.03. The summed E-state index contributed by atoms with van der Waals surface area (Å²) in [6, 6.07) is 3.63. The zero-order valence-corrected chi connectivity index (χ0v) is 12.1. The third kappa shape index (κ3) is 3.30. The molecule has 1 aliphatic heterocycles. The van der Waals surface area contributed by atoms with E-state index in [-0.39, 0.29) is 19.0 Å². The summed E-state index contributed by atoms with van der Waals surface area (Å²) in [5.41, 5.74) is 0.561. The van der Waals surface area contributed by atoms with Crippen LogP contribution < -0.4 is 10.1 Å². The lowest BCUT2D eigenvalue weighted by molar-refractivity contribution is -0.151. The third-order valence-corrected chi connectivity index (χ3v) is 3.01. The van der Waals surface area contributed by atoms with Crippen molar-refractivity contribution in [1.29, 1.82) is 0 Å². The van der Waals surface area contributed by atoms with Crippen LogP contribution in [-0.2, 0) is 14.3 Å². The third-order valence-electron chi connectivity index (χ3n) is 3.01. The van der Waals surface area contributed by atoms with Gasteiger partial charge < -0.3 is 24.6 Å². The van der Waals surface area contributed by atoms with Crippen LogP contribution in [0.2, 0.25) is 0 Å². The van der Waals surface area contributed by atoms with Crippen LogP contribution in [0.4, 0.5) is 4.79 Å². The molecule has 7 heteroatoms. The second-order valence-corrected chi connectivity index (χ2v) is 4.52. The quantitative estimate of drug-likeness (QED) is 0.635. The van der Waals surface area contributed by atoms with Crippen molar-refractivity contribution in [3.8, 4) is 11.5 Å². The molecule has 0 aromatic heterocycles. The Bertz CT molecular complexity index is 585. The van der Waals surface area contributed by atoms with Gasteiger partial charge in [0.05, 0.1) is 6.61 Å². The van der Waals surface area contributed by atoms with Gasteiger partial charge in [-0.15, -0.1) is 0 Å². The van der Waals surface area contributed by atoms with E-state index in [0.29, 0.717) is 11.3 Å². The first-order chi connectivity index (χ1) is 10.6. The molecule has 0 radical (unpaired) electrons. The van der Waals surface area contributed by atoms with Crippen molar-refractivity contribution < 1.29 is 28.9 Å². The first kappa shape index (κ1) is 15.7. The van der Waals surface area contributed by atoms with E-state index in [2.05, 4.69) is 11.9 Å². The van der Waals surface area contributed by atoms with E-state index >= 15 is 0 Å². The number of phenols is 1. The molecule has 2 atom stereocenters. The summed E-state index contributed by atoms with van der Waals surface area (Å²) in [7, 11) is 0. The number of carbonyl (C=O) groups is 2. The Hall–Kier alpha value is -2.70. The number of amides is 1. The van der Waals surface area contributed by atoms with Crippen LogP contribution >= 0.6 is 0 Å². The van der Waals surface area contributed by atoms with E-state index in [9.17, 15) is 14.7 Å². The number of carbonyl (C=O) groups excluding carboxylic acids is 2. The smallest absolute Gasteiger partial charge is 0.408 e. The Kier molecular flexibility index (Phi) is 4.88. The molecule has 0 aliphatic carbocycles. The van der Waals surface area contributed by atoms with Gasteiger partial charge in [0.2, 0.25) is 6.10 Å². The van der Waals surface area contributed by atoms with E-state index in [4.69, 9.17) is 14.2 Å².